The van der Waals surface area contributed by atoms with Crippen LogP contribution in [0.3, 0.4) is 0 Å². The summed E-state index contributed by atoms with van der Waals surface area (Å²) in [7, 11) is 0. The minimum atomic E-state index is 0.0474. The highest BCUT2D eigenvalue weighted by atomic mass is 79.9. The summed E-state index contributed by atoms with van der Waals surface area (Å²) in [5.41, 5.74) is 3.54. The van der Waals surface area contributed by atoms with Crippen LogP contribution in [0.2, 0.25) is 0 Å². The van der Waals surface area contributed by atoms with Crippen molar-refractivity contribution in [3.8, 4) is 5.69 Å². The van der Waals surface area contributed by atoms with E-state index < -0.39 is 0 Å². The smallest absolute Gasteiger partial charge is 0.0791 e. The van der Waals surface area contributed by atoms with Gasteiger partial charge in [-0.05, 0) is 34.1 Å². The lowest BCUT2D eigenvalue weighted by Crippen LogP contribution is -2.17. The molecule has 0 atom stereocenters. The lowest BCUT2D eigenvalue weighted by atomic mass is 9.88. The largest absolute Gasteiger partial charge is 0.236 e. The fourth-order valence-electron chi connectivity index (χ4n) is 2.09. The summed E-state index contributed by atoms with van der Waals surface area (Å²) in [4.78, 5) is 0. The van der Waals surface area contributed by atoms with E-state index in [9.17, 15) is 0 Å². The van der Waals surface area contributed by atoms with Gasteiger partial charge in [0, 0.05) is 21.0 Å². The van der Waals surface area contributed by atoms with Crippen molar-refractivity contribution in [1.82, 2.24) is 9.78 Å². The van der Waals surface area contributed by atoms with E-state index in [-0.39, 0.29) is 10.8 Å². The average Bonchev–Trinajstić information content (AvgIpc) is 2.73. The van der Waals surface area contributed by atoms with E-state index in [1.807, 2.05) is 12.1 Å². The highest BCUT2D eigenvalue weighted by Crippen LogP contribution is 2.32. The van der Waals surface area contributed by atoms with Crippen LogP contribution in [0.15, 0.2) is 34.8 Å². The molecule has 0 spiro atoms. The van der Waals surface area contributed by atoms with Gasteiger partial charge in [0.1, 0.15) is 0 Å². The van der Waals surface area contributed by atoms with Crippen LogP contribution in [0.25, 0.3) is 5.69 Å². The van der Waals surface area contributed by atoms with Crippen molar-refractivity contribution in [1.29, 1.82) is 0 Å². The molecule has 0 saturated heterocycles. The zero-order chi connectivity index (χ0) is 15.1. The molecule has 0 aliphatic rings. The standard InChI is InChI=1S/C17H23BrN2/c1-16(2,3)14-11-15(17(4,5)6)20(19-14)13-10-8-7-9-12(13)18/h7-11H,1-6H3. The maximum Gasteiger partial charge on any atom is 0.0791 e. The Hall–Kier alpha value is -1.09. The summed E-state index contributed by atoms with van der Waals surface area (Å²) in [5, 5.41) is 4.87. The molecule has 0 amide bonds. The predicted molar refractivity (Wildman–Crippen MR) is 88.7 cm³/mol. The number of rotatable bonds is 1. The Balaban J connectivity index is 2.69. The zero-order valence-electron chi connectivity index (χ0n) is 13.2. The Morgan fingerprint density at radius 3 is 2.05 bits per heavy atom. The SMILES string of the molecule is CC(C)(C)c1cc(C(C)(C)C)n(-c2ccccc2Br)n1. The van der Waals surface area contributed by atoms with Crippen molar-refractivity contribution in [3.63, 3.8) is 0 Å². The number of hydrogen-bond acceptors (Lipinski definition) is 1. The molecule has 108 valence electrons. The molecule has 2 rings (SSSR count). The van der Waals surface area contributed by atoms with Gasteiger partial charge >= 0.3 is 0 Å². The summed E-state index contributed by atoms with van der Waals surface area (Å²) in [6.45, 7) is 13.3. The third-order valence-corrected chi connectivity index (χ3v) is 4.00. The molecule has 20 heavy (non-hydrogen) atoms. The van der Waals surface area contributed by atoms with Gasteiger partial charge in [0.15, 0.2) is 0 Å². The Bertz CT molecular complexity index is 613. The Morgan fingerprint density at radius 2 is 1.55 bits per heavy atom. The second-order valence-corrected chi connectivity index (χ2v) is 8.13. The van der Waals surface area contributed by atoms with Gasteiger partial charge in [-0.25, -0.2) is 4.68 Å². The Kier molecular flexibility index (Phi) is 3.85. The van der Waals surface area contributed by atoms with Crippen molar-refractivity contribution in [2.24, 2.45) is 0 Å². The second-order valence-electron chi connectivity index (χ2n) is 7.28. The second kappa shape index (κ2) is 5.03. The molecule has 1 heterocycles. The molecule has 1 aromatic carbocycles. The van der Waals surface area contributed by atoms with E-state index in [2.05, 4.69) is 80.4 Å². The maximum absolute atomic E-state index is 4.87. The van der Waals surface area contributed by atoms with Gasteiger partial charge < -0.3 is 0 Å². The number of para-hydroxylation sites is 1. The lowest BCUT2D eigenvalue weighted by molar-refractivity contribution is 0.537. The Labute approximate surface area is 130 Å². The molecule has 0 unspecified atom stereocenters. The van der Waals surface area contributed by atoms with E-state index >= 15 is 0 Å². The van der Waals surface area contributed by atoms with Gasteiger partial charge in [0.05, 0.1) is 11.4 Å². The number of halogens is 1. The average molecular weight is 335 g/mol. The van der Waals surface area contributed by atoms with Crippen LogP contribution in [0.1, 0.15) is 52.9 Å². The summed E-state index contributed by atoms with van der Waals surface area (Å²) in [6, 6.07) is 10.5. The first kappa shape index (κ1) is 15.3. The highest BCUT2D eigenvalue weighted by molar-refractivity contribution is 9.10. The number of nitrogens with zero attached hydrogens (tertiary/aromatic N) is 2. The van der Waals surface area contributed by atoms with Crippen molar-refractivity contribution >= 4 is 15.9 Å². The summed E-state index contributed by atoms with van der Waals surface area (Å²) >= 11 is 3.63. The van der Waals surface area contributed by atoms with Gasteiger partial charge in [-0.15, -0.1) is 0 Å². The van der Waals surface area contributed by atoms with Crippen LogP contribution >= 0.6 is 15.9 Å². The van der Waals surface area contributed by atoms with Gasteiger partial charge in [-0.1, -0.05) is 53.7 Å². The van der Waals surface area contributed by atoms with E-state index in [1.54, 1.807) is 0 Å². The van der Waals surface area contributed by atoms with Crippen molar-refractivity contribution < 1.29 is 0 Å². The van der Waals surface area contributed by atoms with Crippen molar-refractivity contribution in [2.75, 3.05) is 0 Å². The van der Waals surface area contributed by atoms with Crippen LogP contribution in [-0.2, 0) is 10.8 Å². The number of hydrogen-bond donors (Lipinski definition) is 0. The summed E-state index contributed by atoms with van der Waals surface area (Å²) in [5.74, 6) is 0. The van der Waals surface area contributed by atoms with Gasteiger partial charge in [-0.3, -0.25) is 0 Å². The van der Waals surface area contributed by atoms with Crippen LogP contribution in [0.5, 0.6) is 0 Å². The monoisotopic (exact) mass is 334 g/mol. The summed E-state index contributed by atoms with van der Waals surface area (Å²) < 4.78 is 3.14. The quantitative estimate of drug-likeness (QED) is 0.698. The van der Waals surface area contributed by atoms with E-state index in [1.165, 1.54) is 5.69 Å². The maximum atomic E-state index is 4.87. The molecular weight excluding hydrogens is 312 g/mol. The van der Waals surface area contributed by atoms with Crippen LogP contribution in [0.4, 0.5) is 0 Å². The molecule has 0 N–H and O–H groups in total. The summed E-state index contributed by atoms with van der Waals surface area (Å²) in [6.07, 6.45) is 0. The fraction of sp³-hybridized carbons (Fsp3) is 0.471. The van der Waals surface area contributed by atoms with Crippen molar-refractivity contribution in [3.05, 3.63) is 46.2 Å². The van der Waals surface area contributed by atoms with E-state index in [0.717, 1.165) is 15.9 Å². The lowest BCUT2D eigenvalue weighted by Gasteiger charge is -2.20. The molecule has 2 aromatic rings. The molecule has 0 aliphatic heterocycles. The molecule has 0 fully saturated rings. The molecule has 0 aliphatic carbocycles. The van der Waals surface area contributed by atoms with Gasteiger partial charge in [0.2, 0.25) is 0 Å². The molecular formula is C17H23BrN2. The molecule has 0 radical (unpaired) electrons. The minimum absolute atomic E-state index is 0.0474. The third kappa shape index (κ3) is 2.98. The zero-order valence-corrected chi connectivity index (χ0v) is 14.7. The van der Waals surface area contributed by atoms with Crippen LogP contribution in [0, 0.1) is 0 Å². The molecule has 0 saturated carbocycles. The molecule has 1 aromatic heterocycles. The molecule has 0 bridgehead atoms. The van der Waals surface area contributed by atoms with E-state index in [4.69, 9.17) is 5.10 Å². The fourth-order valence-corrected chi connectivity index (χ4v) is 2.54. The normalized spacial score (nSPS) is 12.8. The topological polar surface area (TPSA) is 17.8 Å². The number of benzene rings is 1. The Morgan fingerprint density at radius 1 is 0.950 bits per heavy atom. The minimum Gasteiger partial charge on any atom is -0.236 e. The van der Waals surface area contributed by atoms with Crippen LogP contribution < -0.4 is 0 Å². The molecule has 2 nitrogen and oxygen atoms in total. The van der Waals surface area contributed by atoms with Crippen LogP contribution in [-0.4, -0.2) is 9.78 Å². The third-order valence-electron chi connectivity index (χ3n) is 3.33. The highest BCUT2D eigenvalue weighted by Gasteiger charge is 2.26. The molecule has 3 heteroatoms. The van der Waals surface area contributed by atoms with E-state index in [0.29, 0.717) is 0 Å². The van der Waals surface area contributed by atoms with Gasteiger partial charge in [0.25, 0.3) is 0 Å². The number of aromatic nitrogens is 2. The first-order valence-electron chi connectivity index (χ1n) is 6.96. The van der Waals surface area contributed by atoms with Gasteiger partial charge in [-0.2, -0.15) is 5.10 Å². The van der Waals surface area contributed by atoms with Crippen molar-refractivity contribution in [2.45, 2.75) is 52.4 Å². The predicted octanol–water partition coefficient (Wildman–Crippen LogP) is 5.23. The first-order valence-corrected chi connectivity index (χ1v) is 7.76. The first-order chi connectivity index (χ1) is 9.10.